The van der Waals surface area contributed by atoms with Crippen LogP contribution in [0.25, 0.3) is 22.8 Å². The lowest BCUT2D eigenvalue weighted by Gasteiger charge is -2.01. The number of nitrogens with zero attached hydrogens (tertiary/aromatic N) is 3. The van der Waals surface area contributed by atoms with Gasteiger partial charge in [-0.15, -0.1) is 0 Å². The molecule has 100 valence electrons. The SMILES string of the molecule is Cn1nc(-c2ccccc2)nc1-c1ccc(CN)cc1. The Hall–Kier alpha value is -2.46. The highest BCUT2D eigenvalue weighted by atomic mass is 15.3. The van der Waals surface area contributed by atoms with E-state index >= 15 is 0 Å². The number of hydrogen-bond donors (Lipinski definition) is 1. The predicted molar refractivity (Wildman–Crippen MR) is 79.8 cm³/mol. The van der Waals surface area contributed by atoms with Crippen LogP contribution < -0.4 is 5.73 Å². The Morgan fingerprint density at radius 2 is 1.65 bits per heavy atom. The largest absolute Gasteiger partial charge is 0.326 e. The lowest BCUT2D eigenvalue weighted by atomic mass is 10.1. The molecule has 3 aromatic rings. The van der Waals surface area contributed by atoms with Gasteiger partial charge in [0, 0.05) is 24.7 Å². The number of aryl methyl sites for hydroxylation is 1. The van der Waals surface area contributed by atoms with Crippen LogP contribution in [-0.2, 0) is 13.6 Å². The summed E-state index contributed by atoms with van der Waals surface area (Å²) in [6.45, 7) is 0.550. The molecular formula is C16H16N4. The van der Waals surface area contributed by atoms with Crippen LogP contribution >= 0.6 is 0 Å². The average Bonchev–Trinajstić information content (AvgIpc) is 2.90. The van der Waals surface area contributed by atoms with Crippen LogP contribution in [0.15, 0.2) is 54.6 Å². The summed E-state index contributed by atoms with van der Waals surface area (Å²) < 4.78 is 1.81. The smallest absolute Gasteiger partial charge is 0.181 e. The van der Waals surface area contributed by atoms with E-state index in [0.717, 1.165) is 28.3 Å². The molecule has 0 fully saturated rings. The van der Waals surface area contributed by atoms with Crippen molar-refractivity contribution in [1.82, 2.24) is 14.8 Å². The van der Waals surface area contributed by atoms with Gasteiger partial charge >= 0.3 is 0 Å². The average molecular weight is 264 g/mol. The zero-order chi connectivity index (χ0) is 13.9. The van der Waals surface area contributed by atoms with Crippen LogP contribution in [0.4, 0.5) is 0 Å². The van der Waals surface area contributed by atoms with E-state index in [-0.39, 0.29) is 0 Å². The minimum absolute atomic E-state index is 0.550. The second kappa shape index (κ2) is 5.27. The molecule has 0 atom stereocenters. The van der Waals surface area contributed by atoms with Gasteiger partial charge in [0.1, 0.15) is 0 Å². The summed E-state index contributed by atoms with van der Waals surface area (Å²) in [5.74, 6) is 1.60. The molecule has 4 nitrogen and oxygen atoms in total. The Kier molecular flexibility index (Phi) is 3.31. The Balaban J connectivity index is 2.00. The summed E-state index contributed by atoms with van der Waals surface area (Å²) in [6, 6.07) is 18.1. The molecule has 0 bridgehead atoms. The second-order valence-electron chi connectivity index (χ2n) is 4.65. The first-order chi connectivity index (χ1) is 9.78. The first-order valence-electron chi connectivity index (χ1n) is 6.54. The highest BCUT2D eigenvalue weighted by molar-refractivity contribution is 5.61. The molecule has 1 heterocycles. The van der Waals surface area contributed by atoms with Crippen molar-refractivity contribution in [3.8, 4) is 22.8 Å². The number of rotatable bonds is 3. The number of hydrogen-bond acceptors (Lipinski definition) is 3. The standard InChI is InChI=1S/C16H16N4/c1-20-16(14-9-7-12(11-17)8-10-14)18-15(19-20)13-5-3-2-4-6-13/h2-10H,11,17H2,1H3. The van der Waals surface area contributed by atoms with Crippen molar-refractivity contribution in [2.75, 3.05) is 0 Å². The van der Waals surface area contributed by atoms with Crippen LogP contribution in [0.1, 0.15) is 5.56 Å². The van der Waals surface area contributed by atoms with Gasteiger partial charge in [-0.3, -0.25) is 0 Å². The molecule has 0 aliphatic heterocycles. The van der Waals surface area contributed by atoms with Gasteiger partial charge in [0.05, 0.1) is 0 Å². The van der Waals surface area contributed by atoms with Gasteiger partial charge in [-0.1, -0.05) is 54.6 Å². The quantitative estimate of drug-likeness (QED) is 0.791. The molecule has 20 heavy (non-hydrogen) atoms. The molecule has 0 amide bonds. The Morgan fingerprint density at radius 1 is 0.950 bits per heavy atom. The first kappa shape index (κ1) is 12.6. The summed E-state index contributed by atoms with van der Waals surface area (Å²) in [5.41, 5.74) is 8.79. The van der Waals surface area contributed by atoms with Crippen LogP contribution in [-0.4, -0.2) is 14.8 Å². The second-order valence-corrected chi connectivity index (χ2v) is 4.65. The molecular weight excluding hydrogens is 248 g/mol. The fraction of sp³-hybridized carbons (Fsp3) is 0.125. The number of aromatic nitrogens is 3. The maximum Gasteiger partial charge on any atom is 0.181 e. The summed E-state index contributed by atoms with van der Waals surface area (Å²) in [4.78, 5) is 4.63. The highest BCUT2D eigenvalue weighted by Gasteiger charge is 2.10. The monoisotopic (exact) mass is 264 g/mol. The third kappa shape index (κ3) is 2.33. The van der Waals surface area contributed by atoms with Gasteiger partial charge < -0.3 is 5.73 Å². The molecule has 2 N–H and O–H groups in total. The van der Waals surface area contributed by atoms with Gasteiger partial charge in [0.15, 0.2) is 11.6 Å². The number of benzene rings is 2. The Bertz CT molecular complexity index is 699. The Morgan fingerprint density at radius 3 is 2.30 bits per heavy atom. The maximum absolute atomic E-state index is 5.62. The molecule has 0 aliphatic rings. The molecule has 0 spiro atoms. The van der Waals surface area contributed by atoms with E-state index < -0.39 is 0 Å². The highest BCUT2D eigenvalue weighted by Crippen LogP contribution is 2.21. The molecule has 0 aliphatic carbocycles. The van der Waals surface area contributed by atoms with E-state index in [1.165, 1.54) is 0 Å². The molecule has 1 aromatic heterocycles. The van der Waals surface area contributed by atoms with Crippen molar-refractivity contribution in [2.24, 2.45) is 12.8 Å². The van der Waals surface area contributed by atoms with Gasteiger partial charge in [0.2, 0.25) is 0 Å². The van der Waals surface area contributed by atoms with Crippen LogP contribution in [0.5, 0.6) is 0 Å². The molecule has 4 heteroatoms. The van der Waals surface area contributed by atoms with Gasteiger partial charge in [-0.05, 0) is 5.56 Å². The van der Waals surface area contributed by atoms with Gasteiger partial charge in [-0.2, -0.15) is 5.10 Å². The van der Waals surface area contributed by atoms with Crippen molar-refractivity contribution in [2.45, 2.75) is 6.54 Å². The van der Waals surface area contributed by atoms with Crippen LogP contribution in [0.3, 0.4) is 0 Å². The summed E-state index contributed by atoms with van der Waals surface area (Å²) in [5, 5.41) is 4.48. The molecule has 3 rings (SSSR count). The van der Waals surface area contributed by atoms with E-state index in [1.54, 1.807) is 4.68 Å². The third-order valence-electron chi connectivity index (χ3n) is 3.24. The van der Waals surface area contributed by atoms with Crippen molar-refractivity contribution < 1.29 is 0 Å². The topological polar surface area (TPSA) is 56.7 Å². The minimum Gasteiger partial charge on any atom is -0.326 e. The lowest BCUT2D eigenvalue weighted by Crippen LogP contribution is -1.97. The fourth-order valence-corrected chi connectivity index (χ4v) is 2.14. The molecule has 2 aromatic carbocycles. The van der Waals surface area contributed by atoms with Gasteiger partial charge in [0.25, 0.3) is 0 Å². The van der Waals surface area contributed by atoms with Crippen molar-refractivity contribution >= 4 is 0 Å². The summed E-state index contributed by atoms with van der Waals surface area (Å²) in [7, 11) is 1.91. The third-order valence-corrected chi connectivity index (χ3v) is 3.24. The van der Waals surface area contributed by atoms with E-state index in [1.807, 2.05) is 61.6 Å². The molecule has 0 saturated carbocycles. The van der Waals surface area contributed by atoms with E-state index in [9.17, 15) is 0 Å². The molecule has 0 saturated heterocycles. The molecule has 0 unspecified atom stereocenters. The van der Waals surface area contributed by atoms with E-state index in [4.69, 9.17) is 5.73 Å². The maximum atomic E-state index is 5.62. The van der Waals surface area contributed by atoms with Gasteiger partial charge in [-0.25, -0.2) is 9.67 Å². The van der Waals surface area contributed by atoms with Crippen LogP contribution in [0, 0.1) is 0 Å². The first-order valence-corrected chi connectivity index (χ1v) is 6.54. The van der Waals surface area contributed by atoms with E-state index in [0.29, 0.717) is 6.54 Å². The predicted octanol–water partition coefficient (Wildman–Crippen LogP) is 2.61. The van der Waals surface area contributed by atoms with Crippen molar-refractivity contribution in [3.63, 3.8) is 0 Å². The summed E-state index contributed by atoms with van der Waals surface area (Å²) in [6.07, 6.45) is 0. The van der Waals surface area contributed by atoms with Crippen LogP contribution in [0.2, 0.25) is 0 Å². The van der Waals surface area contributed by atoms with Crippen molar-refractivity contribution in [1.29, 1.82) is 0 Å². The zero-order valence-corrected chi connectivity index (χ0v) is 11.3. The number of nitrogens with two attached hydrogens (primary N) is 1. The fourth-order valence-electron chi connectivity index (χ4n) is 2.14. The van der Waals surface area contributed by atoms with Crippen molar-refractivity contribution in [3.05, 3.63) is 60.2 Å². The summed E-state index contributed by atoms with van der Waals surface area (Å²) >= 11 is 0. The Labute approximate surface area is 117 Å². The minimum atomic E-state index is 0.550. The zero-order valence-electron chi connectivity index (χ0n) is 11.3. The van der Waals surface area contributed by atoms with E-state index in [2.05, 4.69) is 10.1 Å². The normalized spacial score (nSPS) is 10.7. The lowest BCUT2D eigenvalue weighted by molar-refractivity contribution is 0.777. The molecule has 0 radical (unpaired) electrons.